The quantitative estimate of drug-likeness (QED) is 0.831. The molecule has 0 aromatic heterocycles. The first-order chi connectivity index (χ1) is 7.97. The second-order valence-corrected chi connectivity index (χ2v) is 4.34. The van der Waals surface area contributed by atoms with Gasteiger partial charge in [0.25, 0.3) is 0 Å². The molecule has 1 aromatic carbocycles. The predicted octanol–water partition coefficient (Wildman–Crippen LogP) is 2.92. The van der Waals surface area contributed by atoms with Gasteiger partial charge in [0.1, 0.15) is 18.3 Å². The van der Waals surface area contributed by atoms with E-state index in [1.165, 1.54) is 0 Å². The van der Waals surface area contributed by atoms with Crippen molar-refractivity contribution in [1.82, 2.24) is 0 Å². The normalized spacial score (nSPS) is 13.5. The van der Waals surface area contributed by atoms with E-state index >= 15 is 0 Å². The van der Waals surface area contributed by atoms with E-state index < -0.39 is 25.2 Å². The van der Waals surface area contributed by atoms with E-state index in [9.17, 15) is 13.2 Å². The maximum Gasteiger partial charge on any atom is 0.396 e. The van der Waals surface area contributed by atoms with Crippen molar-refractivity contribution >= 4 is 11.8 Å². The first-order valence-corrected chi connectivity index (χ1v) is 6.23. The van der Waals surface area contributed by atoms with E-state index in [0.29, 0.717) is 5.75 Å². The van der Waals surface area contributed by atoms with Crippen LogP contribution >= 0.6 is 11.8 Å². The van der Waals surface area contributed by atoms with Crippen molar-refractivity contribution in [3.05, 3.63) is 24.3 Å². The van der Waals surface area contributed by atoms with Crippen molar-refractivity contribution in [2.45, 2.75) is 11.1 Å². The number of nitrogens with two attached hydrogens (primary N) is 1. The van der Waals surface area contributed by atoms with Crippen LogP contribution in [0.5, 0.6) is 5.75 Å². The van der Waals surface area contributed by atoms with Crippen LogP contribution in [0.15, 0.2) is 29.2 Å². The van der Waals surface area contributed by atoms with Gasteiger partial charge in [-0.1, -0.05) is 0 Å². The van der Waals surface area contributed by atoms with Gasteiger partial charge < -0.3 is 10.5 Å². The van der Waals surface area contributed by atoms with Crippen molar-refractivity contribution in [2.75, 3.05) is 19.4 Å². The van der Waals surface area contributed by atoms with Gasteiger partial charge in [0.15, 0.2) is 0 Å². The smallest absolute Gasteiger partial charge is 0.396 e. The van der Waals surface area contributed by atoms with Crippen molar-refractivity contribution in [1.29, 1.82) is 0 Å². The Morgan fingerprint density at radius 1 is 1.29 bits per heavy atom. The molecule has 0 spiro atoms. The molecule has 0 aliphatic carbocycles. The minimum Gasteiger partial charge on any atom is -0.493 e. The molecular formula is C11H14F3NOS. The van der Waals surface area contributed by atoms with Gasteiger partial charge >= 0.3 is 6.18 Å². The number of ether oxygens (including phenoxy) is 1. The average molecular weight is 265 g/mol. The maximum atomic E-state index is 12.4. The standard InChI is InChI=1S/C11H14F3NOS/c1-17-10-4-2-9(3-5-10)16-7-8(6-15)11(12,13)14/h2-5,8H,6-7,15H2,1H3. The van der Waals surface area contributed by atoms with Crippen LogP contribution in [0, 0.1) is 5.92 Å². The zero-order valence-corrected chi connectivity index (χ0v) is 10.1. The topological polar surface area (TPSA) is 35.2 Å². The summed E-state index contributed by atoms with van der Waals surface area (Å²) in [5.41, 5.74) is 5.07. The number of halogens is 3. The third-order valence-corrected chi connectivity index (χ3v) is 3.00. The fourth-order valence-corrected chi connectivity index (χ4v) is 1.57. The zero-order valence-electron chi connectivity index (χ0n) is 9.33. The Bertz CT molecular complexity index is 340. The van der Waals surface area contributed by atoms with Crippen LogP contribution in [0.25, 0.3) is 0 Å². The summed E-state index contributed by atoms with van der Waals surface area (Å²) >= 11 is 1.56. The number of hydrogen-bond donors (Lipinski definition) is 1. The SMILES string of the molecule is CSc1ccc(OCC(CN)C(F)(F)F)cc1. The highest BCUT2D eigenvalue weighted by Gasteiger charge is 2.39. The molecule has 1 rings (SSSR count). The molecule has 1 unspecified atom stereocenters. The summed E-state index contributed by atoms with van der Waals surface area (Å²) in [6.45, 7) is -0.912. The predicted molar refractivity (Wildman–Crippen MR) is 62.3 cm³/mol. The lowest BCUT2D eigenvalue weighted by Gasteiger charge is -2.18. The van der Waals surface area contributed by atoms with E-state index in [1.807, 2.05) is 6.26 Å². The molecule has 1 aromatic rings. The average Bonchev–Trinajstić information content (AvgIpc) is 2.29. The lowest BCUT2D eigenvalue weighted by atomic mass is 10.1. The molecule has 0 heterocycles. The van der Waals surface area contributed by atoms with Gasteiger partial charge in [-0.15, -0.1) is 11.8 Å². The fraction of sp³-hybridized carbons (Fsp3) is 0.455. The number of thioether (sulfide) groups is 1. The molecule has 0 aliphatic heterocycles. The highest BCUT2D eigenvalue weighted by Crippen LogP contribution is 2.26. The molecule has 0 saturated heterocycles. The van der Waals surface area contributed by atoms with Crippen LogP contribution in [0.1, 0.15) is 0 Å². The molecule has 2 N–H and O–H groups in total. The first-order valence-electron chi connectivity index (χ1n) is 5.01. The van der Waals surface area contributed by atoms with E-state index in [4.69, 9.17) is 10.5 Å². The van der Waals surface area contributed by atoms with E-state index in [-0.39, 0.29) is 0 Å². The molecule has 0 saturated carbocycles. The molecule has 1 atom stereocenters. The summed E-state index contributed by atoms with van der Waals surface area (Å²) in [6.07, 6.45) is -2.39. The molecule has 17 heavy (non-hydrogen) atoms. The number of hydrogen-bond acceptors (Lipinski definition) is 3. The molecule has 0 amide bonds. The highest BCUT2D eigenvalue weighted by atomic mass is 32.2. The monoisotopic (exact) mass is 265 g/mol. The molecule has 0 radical (unpaired) electrons. The second-order valence-electron chi connectivity index (χ2n) is 3.46. The summed E-state index contributed by atoms with van der Waals surface area (Å²) in [4.78, 5) is 1.03. The van der Waals surface area contributed by atoms with Crippen LogP contribution in [0.4, 0.5) is 13.2 Å². The van der Waals surface area contributed by atoms with Gasteiger partial charge in [-0.05, 0) is 30.5 Å². The molecular weight excluding hydrogens is 251 g/mol. The third kappa shape index (κ3) is 4.47. The molecule has 0 fully saturated rings. The van der Waals surface area contributed by atoms with Crippen LogP contribution in [0.3, 0.4) is 0 Å². The van der Waals surface area contributed by atoms with Gasteiger partial charge in [-0.3, -0.25) is 0 Å². The van der Waals surface area contributed by atoms with Gasteiger partial charge in [-0.25, -0.2) is 0 Å². The number of rotatable bonds is 5. The Morgan fingerprint density at radius 3 is 2.29 bits per heavy atom. The van der Waals surface area contributed by atoms with Crippen LogP contribution in [-0.4, -0.2) is 25.6 Å². The summed E-state index contributed by atoms with van der Waals surface area (Å²) in [6, 6.07) is 6.89. The first kappa shape index (κ1) is 14.2. The van der Waals surface area contributed by atoms with Crippen molar-refractivity contribution in [3.63, 3.8) is 0 Å². The van der Waals surface area contributed by atoms with Crippen LogP contribution in [0.2, 0.25) is 0 Å². The Labute approximate surface area is 102 Å². The molecule has 6 heteroatoms. The van der Waals surface area contributed by atoms with Crippen LogP contribution in [-0.2, 0) is 0 Å². The van der Waals surface area contributed by atoms with Gasteiger partial charge in [-0.2, -0.15) is 13.2 Å². The minimum atomic E-state index is -4.31. The van der Waals surface area contributed by atoms with E-state index in [2.05, 4.69) is 0 Å². The lowest BCUT2D eigenvalue weighted by molar-refractivity contribution is -0.178. The summed E-state index contributed by atoms with van der Waals surface area (Å²) in [5, 5.41) is 0. The molecule has 2 nitrogen and oxygen atoms in total. The fourth-order valence-electron chi connectivity index (χ4n) is 1.16. The Morgan fingerprint density at radius 2 is 1.88 bits per heavy atom. The summed E-state index contributed by atoms with van der Waals surface area (Å²) in [5.74, 6) is -1.20. The zero-order chi connectivity index (χ0) is 12.9. The third-order valence-electron chi connectivity index (χ3n) is 2.26. The Hall–Kier alpha value is -0.880. The summed E-state index contributed by atoms with van der Waals surface area (Å²) < 4.78 is 42.2. The number of alkyl halides is 3. The van der Waals surface area contributed by atoms with Gasteiger partial charge in [0.2, 0.25) is 0 Å². The van der Waals surface area contributed by atoms with E-state index in [0.717, 1.165) is 4.90 Å². The minimum absolute atomic E-state index is 0.422. The molecule has 0 aliphatic rings. The maximum absolute atomic E-state index is 12.4. The summed E-state index contributed by atoms with van der Waals surface area (Å²) in [7, 11) is 0. The molecule has 96 valence electrons. The number of benzene rings is 1. The largest absolute Gasteiger partial charge is 0.493 e. The highest BCUT2D eigenvalue weighted by molar-refractivity contribution is 7.98. The van der Waals surface area contributed by atoms with Crippen LogP contribution < -0.4 is 10.5 Å². The van der Waals surface area contributed by atoms with Gasteiger partial charge in [0.05, 0.1) is 0 Å². The van der Waals surface area contributed by atoms with Gasteiger partial charge in [0, 0.05) is 11.4 Å². The molecule has 0 bridgehead atoms. The van der Waals surface area contributed by atoms with E-state index in [1.54, 1.807) is 36.0 Å². The Balaban J connectivity index is 2.54. The Kier molecular flexibility index (Phi) is 5.14. The second kappa shape index (κ2) is 6.16. The van der Waals surface area contributed by atoms with Crippen molar-refractivity contribution < 1.29 is 17.9 Å². The van der Waals surface area contributed by atoms with Crippen molar-refractivity contribution in [2.24, 2.45) is 11.7 Å². The van der Waals surface area contributed by atoms with Crippen molar-refractivity contribution in [3.8, 4) is 5.75 Å². The lowest BCUT2D eigenvalue weighted by Crippen LogP contribution is -2.35.